The van der Waals surface area contributed by atoms with Gasteiger partial charge in [-0.3, -0.25) is 0 Å². The van der Waals surface area contributed by atoms with Gasteiger partial charge in [0.1, 0.15) is 0 Å². The average Bonchev–Trinajstić information content (AvgIpc) is 1.84. The van der Waals surface area contributed by atoms with Crippen molar-refractivity contribution in [2.24, 2.45) is 0 Å². The van der Waals surface area contributed by atoms with Crippen LogP contribution in [-0.2, 0) is 4.79 Å². The van der Waals surface area contributed by atoms with E-state index in [1.807, 2.05) is 0 Å². The Kier molecular flexibility index (Phi) is 4.37. The first-order chi connectivity index (χ1) is 4.95. The molecule has 0 radical (unpaired) electrons. The second-order valence-electron chi connectivity index (χ2n) is 2.39. The second-order valence-corrected chi connectivity index (χ2v) is 3.35. The Bertz CT molecular complexity index is 184. The summed E-state index contributed by atoms with van der Waals surface area (Å²) in [5.74, 6) is -0.961. The zero-order valence-corrected chi connectivity index (χ0v) is 8.05. The van der Waals surface area contributed by atoms with Crippen LogP contribution < -0.4 is 0 Å². The summed E-state index contributed by atoms with van der Waals surface area (Å²) in [6.07, 6.45) is -0.170. The third kappa shape index (κ3) is 4.16. The molecular weight excluding hydrogens is 212 g/mol. The molecule has 4 heteroatoms. The SMILES string of the molecule is CC(C(=O)O)=C(Br)CC(C)O. The second kappa shape index (κ2) is 4.51. The van der Waals surface area contributed by atoms with Crippen molar-refractivity contribution in [3.8, 4) is 0 Å². The Morgan fingerprint density at radius 2 is 2.09 bits per heavy atom. The first-order valence-corrected chi connectivity index (χ1v) is 4.01. The molecule has 1 unspecified atom stereocenters. The third-order valence-electron chi connectivity index (χ3n) is 1.20. The quantitative estimate of drug-likeness (QED) is 0.713. The smallest absolute Gasteiger partial charge is 0.332 e. The van der Waals surface area contributed by atoms with Gasteiger partial charge < -0.3 is 10.2 Å². The van der Waals surface area contributed by atoms with E-state index in [1.165, 1.54) is 6.92 Å². The highest BCUT2D eigenvalue weighted by molar-refractivity contribution is 9.11. The van der Waals surface area contributed by atoms with E-state index in [4.69, 9.17) is 10.2 Å². The fraction of sp³-hybridized carbons (Fsp3) is 0.571. The van der Waals surface area contributed by atoms with Crippen molar-refractivity contribution in [2.75, 3.05) is 0 Å². The van der Waals surface area contributed by atoms with E-state index in [0.29, 0.717) is 10.9 Å². The van der Waals surface area contributed by atoms with Crippen LogP contribution >= 0.6 is 15.9 Å². The summed E-state index contributed by atoms with van der Waals surface area (Å²) in [6.45, 7) is 3.10. The minimum atomic E-state index is -0.961. The molecule has 0 aliphatic heterocycles. The number of hydrogen-bond donors (Lipinski definition) is 2. The predicted octanol–water partition coefficient (Wildman–Crippen LogP) is 1.51. The van der Waals surface area contributed by atoms with Gasteiger partial charge in [-0.2, -0.15) is 0 Å². The molecule has 0 saturated carbocycles. The van der Waals surface area contributed by atoms with Gasteiger partial charge in [0.25, 0.3) is 0 Å². The number of aliphatic hydroxyl groups excluding tert-OH is 1. The summed E-state index contributed by atoms with van der Waals surface area (Å²) in [7, 11) is 0. The molecule has 2 N–H and O–H groups in total. The van der Waals surface area contributed by atoms with Gasteiger partial charge >= 0.3 is 5.97 Å². The Hall–Kier alpha value is -0.350. The fourth-order valence-electron chi connectivity index (χ4n) is 0.528. The van der Waals surface area contributed by atoms with Gasteiger partial charge in [-0.15, -0.1) is 0 Å². The molecule has 1 atom stereocenters. The predicted molar refractivity (Wildman–Crippen MR) is 45.6 cm³/mol. The monoisotopic (exact) mass is 222 g/mol. The molecule has 0 aromatic rings. The average molecular weight is 223 g/mol. The lowest BCUT2D eigenvalue weighted by molar-refractivity contribution is -0.132. The molecule has 0 saturated heterocycles. The maximum atomic E-state index is 10.4. The number of aliphatic carboxylic acids is 1. The zero-order valence-electron chi connectivity index (χ0n) is 6.47. The molecule has 0 aliphatic rings. The van der Waals surface area contributed by atoms with Crippen LogP contribution in [0.3, 0.4) is 0 Å². The molecular formula is C7H11BrO3. The summed E-state index contributed by atoms with van der Waals surface area (Å²) in [5, 5.41) is 17.4. The van der Waals surface area contributed by atoms with Gasteiger partial charge in [-0.1, -0.05) is 15.9 Å². The van der Waals surface area contributed by atoms with Crippen molar-refractivity contribution < 1.29 is 15.0 Å². The highest BCUT2D eigenvalue weighted by atomic mass is 79.9. The molecule has 0 rings (SSSR count). The van der Waals surface area contributed by atoms with Crippen molar-refractivity contribution in [3.05, 3.63) is 10.1 Å². The zero-order chi connectivity index (χ0) is 9.02. The molecule has 11 heavy (non-hydrogen) atoms. The number of halogens is 1. The van der Waals surface area contributed by atoms with Gasteiger partial charge in [0.15, 0.2) is 0 Å². The van der Waals surface area contributed by atoms with Crippen LogP contribution in [0.1, 0.15) is 20.3 Å². The fourth-order valence-corrected chi connectivity index (χ4v) is 1.17. The third-order valence-corrected chi connectivity index (χ3v) is 2.12. The highest BCUT2D eigenvalue weighted by Crippen LogP contribution is 2.17. The molecule has 0 aromatic heterocycles. The minimum Gasteiger partial charge on any atom is -0.478 e. The van der Waals surface area contributed by atoms with Crippen molar-refractivity contribution in [2.45, 2.75) is 26.4 Å². The number of carbonyl (C=O) groups is 1. The van der Waals surface area contributed by atoms with Crippen LogP contribution in [0.4, 0.5) is 0 Å². The highest BCUT2D eigenvalue weighted by Gasteiger charge is 2.08. The molecule has 0 heterocycles. The molecule has 0 fully saturated rings. The van der Waals surface area contributed by atoms with Crippen molar-refractivity contribution in [1.82, 2.24) is 0 Å². The number of hydrogen-bond acceptors (Lipinski definition) is 2. The first-order valence-electron chi connectivity index (χ1n) is 3.21. The molecule has 0 aliphatic carbocycles. The maximum absolute atomic E-state index is 10.4. The van der Waals surface area contributed by atoms with Gasteiger partial charge in [-0.05, 0) is 13.8 Å². The van der Waals surface area contributed by atoms with Crippen LogP contribution in [0, 0.1) is 0 Å². The lowest BCUT2D eigenvalue weighted by atomic mass is 10.2. The minimum absolute atomic E-state index is 0.242. The molecule has 64 valence electrons. The van der Waals surface area contributed by atoms with E-state index >= 15 is 0 Å². The normalized spacial score (nSPS) is 15.6. The van der Waals surface area contributed by atoms with Crippen LogP contribution in [0.25, 0.3) is 0 Å². The standard InChI is InChI=1S/C7H11BrO3/c1-4(9)3-6(8)5(2)7(10)11/h4,9H,3H2,1-2H3,(H,10,11). The first kappa shape index (κ1) is 10.7. The Morgan fingerprint density at radius 3 is 2.36 bits per heavy atom. The van der Waals surface area contributed by atoms with Crippen molar-refractivity contribution >= 4 is 21.9 Å². The van der Waals surface area contributed by atoms with Crippen LogP contribution in [0.15, 0.2) is 10.1 Å². The van der Waals surface area contributed by atoms with E-state index in [-0.39, 0.29) is 5.57 Å². The van der Waals surface area contributed by atoms with E-state index in [9.17, 15) is 4.79 Å². The Morgan fingerprint density at radius 1 is 1.64 bits per heavy atom. The van der Waals surface area contributed by atoms with E-state index in [2.05, 4.69) is 15.9 Å². The Labute approximate surface area is 73.9 Å². The van der Waals surface area contributed by atoms with Crippen molar-refractivity contribution in [1.29, 1.82) is 0 Å². The van der Waals surface area contributed by atoms with Gasteiger partial charge in [-0.25, -0.2) is 4.79 Å². The largest absolute Gasteiger partial charge is 0.478 e. The van der Waals surface area contributed by atoms with E-state index < -0.39 is 12.1 Å². The number of carboxylic acid groups (broad SMARTS) is 1. The molecule has 3 nitrogen and oxygen atoms in total. The summed E-state index contributed by atoms with van der Waals surface area (Å²) in [4.78, 5) is 10.4. The molecule has 0 spiro atoms. The topological polar surface area (TPSA) is 57.5 Å². The van der Waals surface area contributed by atoms with Crippen LogP contribution in [0.5, 0.6) is 0 Å². The number of carboxylic acids is 1. The van der Waals surface area contributed by atoms with E-state index in [1.54, 1.807) is 6.92 Å². The van der Waals surface area contributed by atoms with Crippen LogP contribution in [-0.4, -0.2) is 22.3 Å². The van der Waals surface area contributed by atoms with E-state index in [0.717, 1.165) is 0 Å². The molecule has 0 bridgehead atoms. The summed E-state index contributed by atoms with van der Waals surface area (Å²) in [5.41, 5.74) is 0.242. The lowest BCUT2D eigenvalue weighted by Gasteiger charge is -2.03. The molecule has 0 aromatic carbocycles. The number of aliphatic hydroxyl groups is 1. The number of rotatable bonds is 3. The maximum Gasteiger partial charge on any atom is 0.332 e. The summed E-state index contributed by atoms with van der Waals surface area (Å²) < 4.78 is 0.542. The van der Waals surface area contributed by atoms with Gasteiger partial charge in [0, 0.05) is 16.5 Å². The lowest BCUT2D eigenvalue weighted by Crippen LogP contribution is -2.04. The van der Waals surface area contributed by atoms with Crippen LogP contribution in [0.2, 0.25) is 0 Å². The van der Waals surface area contributed by atoms with Gasteiger partial charge in [0.05, 0.1) is 6.10 Å². The van der Waals surface area contributed by atoms with Crippen molar-refractivity contribution in [3.63, 3.8) is 0 Å². The summed E-state index contributed by atoms with van der Waals surface area (Å²) >= 11 is 3.08. The Balaban J connectivity index is 4.28. The molecule has 0 amide bonds. The van der Waals surface area contributed by atoms with Gasteiger partial charge in [0.2, 0.25) is 0 Å². The summed E-state index contributed by atoms with van der Waals surface area (Å²) in [6, 6.07) is 0.